The van der Waals surface area contributed by atoms with Gasteiger partial charge in [0.15, 0.2) is 5.82 Å². The molecule has 0 aliphatic rings. The van der Waals surface area contributed by atoms with Gasteiger partial charge in [0, 0.05) is 12.1 Å². The second-order valence-electron chi connectivity index (χ2n) is 11.2. The molecule has 0 fully saturated rings. The number of aryl methyl sites for hydroxylation is 2. The number of benzene rings is 2. The molecule has 0 radical (unpaired) electrons. The molecule has 1 unspecified atom stereocenters. The fourth-order valence-corrected chi connectivity index (χ4v) is 5.18. The number of nitrogens with one attached hydrogen (secondary N) is 1. The summed E-state index contributed by atoms with van der Waals surface area (Å²) < 4.78 is 13.2. The van der Waals surface area contributed by atoms with E-state index in [0.29, 0.717) is 31.1 Å². The topological polar surface area (TPSA) is 102 Å². The Hall–Kier alpha value is -4.24. The maximum Gasteiger partial charge on any atom is 0.253 e. The quantitative estimate of drug-likeness (QED) is 0.257. The number of pyridine rings is 1. The zero-order chi connectivity index (χ0) is 28.4. The van der Waals surface area contributed by atoms with Crippen molar-refractivity contribution < 1.29 is 9.15 Å². The summed E-state index contributed by atoms with van der Waals surface area (Å²) in [5.74, 6) is 2.17. The van der Waals surface area contributed by atoms with Crippen molar-refractivity contribution >= 4 is 10.9 Å². The molecular weight excluding hydrogens is 504 g/mol. The largest absolute Gasteiger partial charge is 0.494 e. The van der Waals surface area contributed by atoms with Crippen LogP contribution in [0.5, 0.6) is 5.75 Å². The van der Waals surface area contributed by atoms with Crippen LogP contribution in [0.2, 0.25) is 0 Å². The summed E-state index contributed by atoms with van der Waals surface area (Å²) in [5.41, 5.74) is 4.01. The molecule has 9 heteroatoms. The molecule has 2 aromatic carbocycles. The number of tetrazole rings is 1. The van der Waals surface area contributed by atoms with Crippen LogP contribution in [0.1, 0.15) is 67.6 Å². The second-order valence-corrected chi connectivity index (χ2v) is 11.2. The predicted octanol–water partition coefficient (Wildman–Crippen LogP) is 5.67. The lowest BCUT2D eigenvalue weighted by molar-refractivity contribution is 0.171. The van der Waals surface area contributed by atoms with E-state index in [2.05, 4.69) is 44.5 Å². The van der Waals surface area contributed by atoms with Crippen LogP contribution in [-0.2, 0) is 18.6 Å². The van der Waals surface area contributed by atoms with Gasteiger partial charge in [0.2, 0.25) is 0 Å². The van der Waals surface area contributed by atoms with Crippen LogP contribution in [-0.4, -0.2) is 36.7 Å². The standard InChI is InChI=1S/C31H36N6O3/c1-7-39-24-12-10-22(11-13-24)18-36(19-25-9-8-14-40-25)28(29-33-34-35-37(29)31(4,5)6)26-17-23-16-20(2)15-21(3)27(23)32-30(26)38/h8-17,28H,7,18-19H2,1-6H3,(H,32,38). The highest BCUT2D eigenvalue weighted by atomic mass is 16.5. The van der Waals surface area contributed by atoms with E-state index >= 15 is 0 Å². The second kappa shape index (κ2) is 11.1. The fraction of sp³-hybridized carbons (Fsp3) is 0.355. The van der Waals surface area contributed by atoms with E-state index in [1.807, 2.05) is 77.1 Å². The summed E-state index contributed by atoms with van der Waals surface area (Å²) in [5, 5.41) is 13.9. The van der Waals surface area contributed by atoms with Crippen molar-refractivity contribution in [2.45, 2.75) is 66.2 Å². The van der Waals surface area contributed by atoms with Crippen LogP contribution < -0.4 is 10.3 Å². The summed E-state index contributed by atoms with van der Waals surface area (Å²) in [6.07, 6.45) is 1.66. The zero-order valence-corrected chi connectivity index (χ0v) is 23.9. The van der Waals surface area contributed by atoms with Gasteiger partial charge in [0.05, 0.1) is 30.5 Å². The maximum atomic E-state index is 13.8. The summed E-state index contributed by atoms with van der Waals surface area (Å²) >= 11 is 0. The van der Waals surface area contributed by atoms with Crippen molar-refractivity contribution in [1.82, 2.24) is 30.1 Å². The van der Waals surface area contributed by atoms with Crippen LogP contribution in [0.15, 0.2) is 70.1 Å². The van der Waals surface area contributed by atoms with E-state index in [-0.39, 0.29) is 5.56 Å². The number of aromatic amines is 1. The van der Waals surface area contributed by atoms with E-state index in [9.17, 15) is 4.79 Å². The van der Waals surface area contributed by atoms with Crippen LogP contribution in [0.3, 0.4) is 0 Å². The van der Waals surface area contributed by atoms with Crippen molar-refractivity contribution in [3.8, 4) is 5.75 Å². The van der Waals surface area contributed by atoms with E-state index in [4.69, 9.17) is 9.15 Å². The molecule has 0 saturated carbocycles. The smallest absolute Gasteiger partial charge is 0.253 e. The Bertz CT molecular complexity index is 1650. The molecule has 9 nitrogen and oxygen atoms in total. The molecule has 3 aromatic heterocycles. The van der Waals surface area contributed by atoms with Crippen LogP contribution in [0, 0.1) is 13.8 Å². The maximum absolute atomic E-state index is 13.8. The van der Waals surface area contributed by atoms with Gasteiger partial charge in [-0.15, -0.1) is 5.10 Å². The number of nitrogens with zero attached hydrogens (tertiary/aromatic N) is 5. The summed E-state index contributed by atoms with van der Waals surface area (Å²) in [6, 6.07) is 17.4. The molecule has 1 atom stereocenters. The van der Waals surface area contributed by atoms with Gasteiger partial charge in [-0.1, -0.05) is 23.8 Å². The molecule has 0 spiro atoms. The monoisotopic (exact) mass is 540 g/mol. The molecular formula is C31H36N6O3. The Morgan fingerprint density at radius 2 is 1.85 bits per heavy atom. The van der Waals surface area contributed by atoms with Crippen molar-refractivity contribution in [3.05, 3.63) is 105 Å². The van der Waals surface area contributed by atoms with Crippen LogP contribution >= 0.6 is 0 Å². The molecule has 3 heterocycles. The Balaban J connectivity index is 1.70. The SMILES string of the molecule is CCOc1ccc(CN(Cc2ccco2)C(c2cc3cc(C)cc(C)c3[nH]c2=O)c2nnnn2C(C)(C)C)cc1. The van der Waals surface area contributed by atoms with E-state index < -0.39 is 11.6 Å². The summed E-state index contributed by atoms with van der Waals surface area (Å²) in [7, 11) is 0. The number of furan rings is 1. The summed E-state index contributed by atoms with van der Waals surface area (Å²) in [6.45, 7) is 13.7. The van der Waals surface area contributed by atoms with Crippen molar-refractivity contribution in [2.24, 2.45) is 0 Å². The lowest BCUT2D eigenvalue weighted by Crippen LogP contribution is -2.37. The van der Waals surface area contributed by atoms with E-state index in [1.54, 1.807) is 10.9 Å². The molecule has 1 N–H and O–H groups in total. The number of ether oxygens (including phenoxy) is 1. The molecule has 0 aliphatic heterocycles. The average Bonchev–Trinajstić information content (AvgIpc) is 3.59. The fourth-order valence-electron chi connectivity index (χ4n) is 5.18. The first-order valence-corrected chi connectivity index (χ1v) is 13.5. The third-order valence-corrected chi connectivity index (χ3v) is 6.91. The van der Waals surface area contributed by atoms with E-state index in [1.165, 1.54) is 0 Å². The predicted molar refractivity (Wildman–Crippen MR) is 154 cm³/mol. The highest BCUT2D eigenvalue weighted by Gasteiger charge is 2.34. The first-order valence-electron chi connectivity index (χ1n) is 13.5. The molecule has 40 heavy (non-hydrogen) atoms. The minimum absolute atomic E-state index is 0.177. The normalized spacial score (nSPS) is 12.8. The summed E-state index contributed by atoms with van der Waals surface area (Å²) in [4.78, 5) is 19.2. The van der Waals surface area contributed by atoms with Gasteiger partial charge in [-0.2, -0.15) is 0 Å². The van der Waals surface area contributed by atoms with Crippen molar-refractivity contribution in [2.75, 3.05) is 6.61 Å². The number of rotatable bonds is 9. The van der Waals surface area contributed by atoms with Gasteiger partial charge in [-0.25, -0.2) is 4.68 Å². The van der Waals surface area contributed by atoms with Gasteiger partial charge in [0.25, 0.3) is 5.56 Å². The molecule has 208 valence electrons. The van der Waals surface area contributed by atoms with Gasteiger partial charge >= 0.3 is 0 Å². The molecule has 0 bridgehead atoms. The third kappa shape index (κ3) is 5.70. The Morgan fingerprint density at radius 3 is 2.52 bits per heavy atom. The van der Waals surface area contributed by atoms with Crippen molar-refractivity contribution in [3.63, 3.8) is 0 Å². The zero-order valence-electron chi connectivity index (χ0n) is 23.9. The van der Waals surface area contributed by atoms with Crippen LogP contribution in [0.25, 0.3) is 10.9 Å². The molecule has 0 amide bonds. The lowest BCUT2D eigenvalue weighted by atomic mass is 9.99. The number of fused-ring (bicyclic) bond motifs is 1. The number of hydrogen-bond acceptors (Lipinski definition) is 7. The van der Waals surface area contributed by atoms with Gasteiger partial charge in [-0.05, 0) is 105 Å². The molecule has 0 saturated heterocycles. The van der Waals surface area contributed by atoms with Crippen molar-refractivity contribution in [1.29, 1.82) is 0 Å². The first kappa shape index (κ1) is 27.3. The highest BCUT2D eigenvalue weighted by molar-refractivity contribution is 5.83. The Morgan fingerprint density at radius 1 is 1.07 bits per heavy atom. The Kier molecular flexibility index (Phi) is 7.58. The van der Waals surface area contributed by atoms with Crippen LogP contribution in [0.4, 0.5) is 0 Å². The third-order valence-electron chi connectivity index (χ3n) is 6.91. The molecule has 5 rings (SSSR count). The minimum atomic E-state index is -0.570. The average molecular weight is 541 g/mol. The highest BCUT2D eigenvalue weighted by Crippen LogP contribution is 2.33. The first-order chi connectivity index (χ1) is 19.1. The number of aromatic nitrogens is 5. The number of hydrogen-bond donors (Lipinski definition) is 1. The van der Waals surface area contributed by atoms with Gasteiger partial charge in [0.1, 0.15) is 17.6 Å². The molecule has 5 aromatic rings. The number of H-pyrrole nitrogens is 1. The molecule has 0 aliphatic carbocycles. The van der Waals surface area contributed by atoms with Gasteiger partial charge in [-0.3, -0.25) is 9.69 Å². The van der Waals surface area contributed by atoms with Gasteiger partial charge < -0.3 is 14.1 Å². The lowest BCUT2D eigenvalue weighted by Gasteiger charge is -2.32. The Labute approximate surface area is 233 Å². The van der Waals surface area contributed by atoms with E-state index in [0.717, 1.165) is 39.1 Å². The minimum Gasteiger partial charge on any atom is -0.494 e.